The summed E-state index contributed by atoms with van der Waals surface area (Å²) in [6.07, 6.45) is 0. The number of benzene rings is 2. The van der Waals surface area contributed by atoms with Crippen molar-refractivity contribution in [2.75, 3.05) is 47.9 Å². The van der Waals surface area contributed by atoms with Gasteiger partial charge in [-0.15, -0.1) is 0 Å². The van der Waals surface area contributed by atoms with E-state index in [1.54, 1.807) is 0 Å². The Balaban J connectivity index is 1.52. The number of carbonyl (C=O) groups excluding carboxylic acids is 1. The first kappa shape index (κ1) is 23.7. The molecule has 1 amide bonds. The number of piperazine rings is 1. The third-order valence-electron chi connectivity index (χ3n) is 6.32. The molecule has 33 heavy (non-hydrogen) atoms. The summed E-state index contributed by atoms with van der Waals surface area (Å²) in [7, 11) is -7.34. The average Bonchev–Trinajstić information content (AvgIpc) is 3.10. The molecule has 4 rings (SSSR count). The summed E-state index contributed by atoms with van der Waals surface area (Å²) in [6.45, 7) is 6.03. The zero-order valence-electron chi connectivity index (χ0n) is 18.8. The molecule has 2 aromatic rings. The van der Waals surface area contributed by atoms with Gasteiger partial charge in [-0.2, -0.15) is 0 Å². The Morgan fingerprint density at radius 3 is 2.27 bits per heavy atom. The van der Waals surface area contributed by atoms with Crippen LogP contribution in [-0.2, 0) is 24.5 Å². The van der Waals surface area contributed by atoms with Gasteiger partial charge in [0.1, 0.15) is 0 Å². The summed E-state index contributed by atoms with van der Waals surface area (Å²) in [4.78, 5) is 15.6. The predicted molar refractivity (Wildman–Crippen MR) is 129 cm³/mol. The summed E-state index contributed by atoms with van der Waals surface area (Å²) in [5.74, 6) is -0.769. The lowest BCUT2D eigenvalue weighted by Gasteiger charge is -2.40. The van der Waals surface area contributed by atoms with E-state index in [1.807, 2.05) is 24.0 Å². The number of carbonyl (C=O) groups is 1. The van der Waals surface area contributed by atoms with Gasteiger partial charge in [0.2, 0.25) is 5.91 Å². The number of amides is 1. The normalized spacial score (nSPS) is 23.4. The Hall–Kier alpha value is -2.43. The minimum absolute atomic E-state index is 0.0714. The molecule has 2 aromatic carbocycles. The number of hydrogen-bond donors (Lipinski definition) is 1. The SMILES string of the molecule is CC(=O)Nc1ccc(S(=O)(=O)C2CS(=O)(=O)CC2N2CCN(c3cccc(C)c3)CC2)cc1. The van der Waals surface area contributed by atoms with Gasteiger partial charge in [0, 0.05) is 50.5 Å². The Morgan fingerprint density at radius 1 is 1.00 bits per heavy atom. The van der Waals surface area contributed by atoms with Gasteiger partial charge in [0.15, 0.2) is 19.7 Å². The Morgan fingerprint density at radius 2 is 1.67 bits per heavy atom. The maximum atomic E-state index is 13.4. The van der Waals surface area contributed by atoms with Crippen molar-refractivity contribution in [1.82, 2.24) is 4.90 Å². The van der Waals surface area contributed by atoms with Crippen LogP contribution >= 0.6 is 0 Å². The molecule has 2 fully saturated rings. The van der Waals surface area contributed by atoms with Crippen molar-refractivity contribution in [1.29, 1.82) is 0 Å². The van der Waals surface area contributed by atoms with E-state index in [1.165, 1.54) is 36.8 Å². The van der Waals surface area contributed by atoms with E-state index in [-0.39, 0.29) is 22.3 Å². The molecule has 2 unspecified atom stereocenters. The highest BCUT2D eigenvalue weighted by Crippen LogP contribution is 2.31. The van der Waals surface area contributed by atoms with E-state index in [2.05, 4.69) is 22.3 Å². The molecule has 0 saturated carbocycles. The van der Waals surface area contributed by atoms with Gasteiger partial charge in [0.25, 0.3) is 0 Å². The van der Waals surface area contributed by atoms with Crippen LogP contribution in [0, 0.1) is 6.92 Å². The van der Waals surface area contributed by atoms with Gasteiger partial charge in [-0.05, 0) is 48.9 Å². The van der Waals surface area contributed by atoms with E-state index >= 15 is 0 Å². The third kappa shape index (κ3) is 5.23. The first-order chi connectivity index (χ1) is 15.5. The molecule has 2 aliphatic rings. The second kappa shape index (κ2) is 9.08. The van der Waals surface area contributed by atoms with Crippen LogP contribution in [0.1, 0.15) is 12.5 Å². The number of nitrogens with zero attached hydrogens (tertiary/aromatic N) is 2. The summed E-state index contributed by atoms with van der Waals surface area (Å²) in [6, 6.07) is 13.6. The Bertz CT molecular complexity index is 1240. The van der Waals surface area contributed by atoms with Crippen LogP contribution < -0.4 is 10.2 Å². The van der Waals surface area contributed by atoms with E-state index in [0.717, 1.165) is 5.69 Å². The first-order valence-corrected chi connectivity index (χ1v) is 14.3. The van der Waals surface area contributed by atoms with Crippen LogP contribution in [0.3, 0.4) is 0 Å². The monoisotopic (exact) mass is 491 g/mol. The van der Waals surface area contributed by atoms with E-state index in [4.69, 9.17) is 0 Å². The first-order valence-electron chi connectivity index (χ1n) is 10.9. The van der Waals surface area contributed by atoms with E-state index < -0.39 is 31.0 Å². The van der Waals surface area contributed by atoms with Crippen molar-refractivity contribution < 1.29 is 21.6 Å². The van der Waals surface area contributed by atoms with Crippen molar-refractivity contribution >= 4 is 37.0 Å². The molecular weight excluding hydrogens is 462 g/mol. The zero-order valence-corrected chi connectivity index (χ0v) is 20.4. The number of hydrogen-bond acceptors (Lipinski definition) is 7. The highest BCUT2D eigenvalue weighted by molar-refractivity contribution is 7.96. The van der Waals surface area contributed by atoms with E-state index in [9.17, 15) is 21.6 Å². The van der Waals surface area contributed by atoms with Gasteiger partial charge >= 0.3 is 0 Å². The second-order valence-corrected chi connectivity index (χ2v) is 13.1. The van der Waals surface area contributed by atoms with Crippen molar-refractivity contribution in [3.05, 3.63) is 54.1 Å². The van der Waals surface area contributed by atoms with Crippen molar-refractivity contribution in [2.24, 2.45) is 0 Å². The molecule has 1 N–H and O–H groups in total. The average molecular weight is 492 g/mol. The summed E-state index contributed by atoms with van der Waals surface area (Å²) < 4.78 is 51.9. The molecule has 2 atom stereocenters. The van der Waals surface area contributed by atoms with Gasteiger partial charge < -0.3 is 10.2 Å². The van der Waals surface area contributed by atoms with Crippen LogP contribution in [0.4, 0.5) is 11.4 Å². The molecule has 0 bridgehead atoms. The quantitative estimate of drug-likeness (QED) is 0.679. The van der Waals surface area contributed by atoms with Crippen molar-refractivity contribution in [2.45, 2.75) is 30.0 Å². The lowest BCUT2D eigenvalue weighted by molar-refractivity contribution is -0.114. The molecule has 178 valence electrons. The lowest BCUT2D eigenvalue weighted by atomic mass is 10.1. The van der Waals surface area contributed by atoms with Crippen molar-refractivity contribution in [3.63, 3.8) is 0 Å². The summed E-state index contributed by atoms with van der Waals surface area (Å²) >= 11 is 0. The van der Waals surface area contributed by atoms with Crippen LogP contribution in [-0.4, -0.2) is 76.6 Å². The molecule has 2 heterocycles. The third-order valence-corrected chi connectivity index (χ3v) is 10.5. The van der Waals surface area contributed by atoms with Crippen LogP contribution in [0.5, 0.6) is 0 Å². The maximum absolute atomic E-state index is 13.4. The Kier molecular flexibility index (Phi) is 6.52. The summed E-state index contributed by atoms with van der Waals surface area (Å²) in [5.41, 5.74) is 2.79. The largest absolute Gasteiger partial charge is 0.369 e. The summed E-state index contributed by atoms with van der Waals surface area (Å²) in [5, 5.41) is 1.59. The zero-order chi connectivity index (χ0) is 23.8. The van der Waals surface area contributed by atoms with Gasteiger partial charge in [-0.25, -0.2) is 16.8 Å². The number of aryl methyl sites for hydroxylation is 1. The number of anilines is 2. The van der Waals surface area contributed by atoms with Gasteiger partial charge in [-0.1, -0.05) is 12.1 Å². The fourth-order valence-electron chi connectivity index (χ4n) is 4.68. The number of rotatable bonds is 5. The van der Waals surface area contributed by atoms with Crippen LogP contribution in [0.25, 0.3) is 0 Å². The van der Waals surface area contributed by atoms with Gasteiger partial charge in [0.05, 0.1) is 21.7 Å². The van der Waals surface area contributed by atoms with Gasteiger partial charge in [-0.3, -0.25) is 9.69 Å². The molecular formula is C23H29N3O5S2. The molecule has 8 nitrogen and oxygen atoms in total. The predicted octanol–water partition coefficient (Wildman–Crippen LogP) is 1.71. The molecule has 0 aliphatic carbocycles. The highest BCUT2D eigenvalue weighted by Gasteiger charge is 2.48. The van der Waals surface area contributed by atoms with E-state index in [0.29, 0.717) is 31.9 Å². The minimum atomic E-state index is -3.87. The standard InChI is InChI=1S/C23H29N3O5S2/c1-17-4-3-5-20(14-17)25-10-12-26(13-11-25)22-15-32(28,29)16-23(22)33(30,31)21-8-6-19(7-9-21)24-18(2)27/h3-9,14,22-23H,10-13,15-16H2,1-2H3,(H,24,27). The molecule has 0 radical (unpaired) electrons. The Labute approximate surface area is 195 Å². The number of nitrogens with one attached hydrogen (secondary N) is 1. The molecule has 2 saturated heterocycles. The second-order valence-electron chi connectivity index (χ2n) is 8.80. The minimum Gasteiger partial charge on any atom is -0.369 e. The fourth-order valence-corrected chi connectivity index (χ4v) is 9.51. The number of sulfone groups is 2. The molecule has 10 heteroatoms. The van der Waals surface area contributed by atoms with Crippen molar-refractivity contribution in [3.8, 4) is 0 Å². The lowest BCUT2D eigenvalue weighted by Crippen LogP contribution is -2.55. The topological polar surface area (TPSA) is 104 Å². The maximum Gasteiger partial charge on any atom is 0.221 e. The molecule has 2 aliphatic heterocycles. The van der Waals surface area contributed by atoms with Crippen LogP contribution in [0.2, 0.25) is 0 Å². The highest BCUT2D eigenvalue weighted by atomic mass is 32.2. The molecule has 0 spiro atoms. The fraction of sp³-hybridized carbons (Fsp3) is 0.435. The molecule has 0 aromatic heterocycles. The van der Waals surface area contributed by atoms with Crippen LogP contribution in [0.15, 0.2) is 53.4 Å². The smallest absolute Gasteiger partial charge is 0.221 e.